The Morgan fingerprint density at radius 1 is 1.09 bits per heavy atom. The molecule has 0 saturated carbocycles. The molecule has 1 aromatic carbocycles. The molecule has 0 amide bonds. The van der Waals surface area contributed by atoms with E-state index in [0.29, 0.717) is 38.6 Å². The SMILES string of the molecule is Cc1cn(-c2c(Cl)cccc2Cl)c(=O)c2cnc(Nc3cnn(C4CCN(C)CC4)c3)nc12. The Morgan fingerprint density at radius 3 is 2.55 bits per heavy atom. The largest absolute Gasteiger partial charge is 0.321 e. The molecule has 170 valence electrons. The Balaban J connectivity index is 1.45. The van der Waals surface area contributed by atoms with Crippen LogP contribution >= 0.6 is 23.2 Å². The third-order valence-electron chi connectivity index (χ3n) is 6.03. The van der Waals surface area contributed by atoms with Crippen LogP contribution in [0.25, 0.3) is 16.6 Å². The number of hydrogen-bond acceptors (Lipinski definition) is 6. The van der Waals surface area contributed by atoms with Crippen molar-refractivity contribution < 1.29 is 0 Å². The molecule has 10 heteroatoms. The lowest BCUT2D eigenvalue weighted by atomic mass is 10.1. The molecule has 1 saturated heterocycles. The molecule has 0 bridgehead atoms. The van der Waals surface area contributed by atoms with Crippen LogP contribution in [0.3, 0.4) is 0 Å². The number of halogens is 2. The van der Waals surface area contributed by atoms with Crippen LogP contribution in [0.2, 0.25) is 10.0 Å². The van der Waals surface area contributed by atoms with Gasteiger partial charge in [-0.05, 0) is 57.6 Å². The fourth-order valence-electron chi connectivity index (χ4n) is 4.22. The second kappa shape index (κ2) is 8.78. The van der Waals surface area contributed by atoms with E-state index >= 15 is 0 Å². The van der Waals surface area contributed by atoms with Gasteiger partial charge in [-0.25, -0.2) is 9.97 Å². The quantitative estimate of drug-likeness (QED) is 0.456. The van der Waals surface area contributed by atoms with Gasteiger partial charge in [-0.2, -0.15) is 5.10 Å². The van der Waals surface area contributed by atoms with Crippen molar-refractivity contribution in [1.82, 2.24) is 29.2 Å². The molecule has 0 radical (unpaired) electrons. The van der Waals surface area contributed by atoms with Crippen molar-refractivity contribution in [3.63, 3.8) is 0 Å². The Labute approximate surface area is 200 Å². The second-order valence-corrected chi connectivity index (χ2v) is 9.20. The topological polar surface area (TPSA) is 80.9 Å². The van der Waals surface area contributed by atoms with Gasteiger partial charge in [0.2, 0.25) is 5.95 Å². The van der Waals surface area contributed by atoms with Gasteiger partial charge in [0.25, 0.3) is 5.56 Å². The van der Waals surface area contributed by atoms with E-state index in [4.69, 9.17) is 23.2 Å². The summed E-state index contributed by atoms with van der Waals surface area (Å²) in [7, 11) is 2.14. The van der Waals surface area contributed by atoms with Gasteiger partial charge in [0.15, 0.2) is 0 Å². The first-order chi connectivity index (χ1) is 15.9. The van der Waals surface area contributed by atoms with Crippen molar-refractivity contribution in [2.45, 2.75) is 25.8 Å². The van der Waals surface area contributed by atoms with E-state index in [1.54, 1.807) is 30.6 Å². The average Bonchev–Trinajstić information content (AvgIpc) is 3.26. The lowest BCUT2D eigenvalue weighted by Gasteiger charge is -2.28. The molecule has 4 aromatic rings. The van der Waals surface area contributed by atoms with Gasteiger partial charge in [-0.1, -0.05) is 29.3 Å². The van der Waals surface area contributed by atoms with Gasteiger partial charge in [0, 0.05) is 18.6 Å². The molecule has 1 aliphatic heterocycles. The Bertz CT molecular complexity index is 1370. The summed E-state index contributed by atoms with van der Waals surface area (Å²) in [6, 6.07) is 5.53. The van der Waals surface area contributed by atoms with Gasteiger partial charge in [0.05, 0.1) is 44.6 Å². The molecule has 1 aliphatic rings. The maximum atomic E-state index is 13.2. The summed E-state index contributed by atoms with van der Waals surface area (Å²) in [5.41, 5.74) is 2.33. The summed E-state index contributed by atoms with van der Waals surface area (Å²) in [5.74, 6) is 0.404. The fraction of sp³-hybridized carbons (Fsp3) is 0.304. The van der Waals surface area contributed by atoms with Crippen molar-refractivity contribution in [3.8, 4) is 5.69 Å². The van der Waals surface area contributed by atoms with Crippen LogP contribution in [0.1, 0.15) is 24.4 Å². The highest BCUT2D eigenvalue weighted by Crippen LogP contribution is 2.29. The maximum absolute atomic E-state index is 13.2. The molecule has 33 heavy (non-hydrogen) atoms. The molecular formula is C23H23Cl2N7O. The van der Waals surface area contributed by atoms with Gasteiger partial charge < -0.3 is 10.2 Å². The number of nitrogens with zero attached hydrogens (tertiary/aromatic N) is 6. The number of aryl methyl sites for hydroxylation is 1. The van der Waals surface area contributed by atoms with Crippen molar-refractivity contribution >= 4 is 45.7 Å². The zero-order valence-electron chi connectivity index (χ0n) is 18.3. The minimum absolute atomic E-state index is 0.285. The van der Waals surface area contributed by atoms with E-state index in [0.717, 1.165) is 37.2 Å². The van der Waals surface area contributed by atoms with Crippen LogP contribution in [-0.4, -0.2) is 49.4 Å². The zero-order valence-corrected chi connectivity index (χ0v) is 19.8. The number of benzene rings is 1. The Kier molecular flexibility index (Phi) is 5.82. The first-order valence-corrected chi connectivity index (χ1v) is 11.5. The summed E-state index contributed by atoms with van der Waals surface area (Å²) in [6.45, 7) is 4.02. The van der Waals surface area contributed by atoms with Crippen molar-refractivity contribution in [2.24, 2.45) is 0 Å². The van der Waals surface area contributed by atoms with Crippen molar-refractivity contribution in [2.75, 3.05) is 25.5 Å². The van der Waals surface area contributed by atoms with E-state index in [2.05, 4.69) is 32.3 Å². The molecular weight excluding hydrogens is 461 g/mol. The van der Waals surface area contributed by atoms with Crippen LogP contribution in [0.15, 0.2) is 47.8 Å². The number of rotatable bonds is 4. The smallest absolute Gasteiger partial charge is 0.266 e. The van der Waals surface area contributed by atoms with Crippen LogP contribution in [-0.2, 0) is 0 Å². The molecule has 0 aliphatic carbocycles. The number of hydrogen-bond donors (Lipinski definition) is 1. The van der Waals surface area contributed by atoms with E-state index < -0.39 is 0 Å². The number of pyridine rings is 1. The molecule has 0 spiro atoms. The van der Waals surface area contributed by atoms with Crippen molar-refractivity contribution in [1.29, 1.82) is 0 Å². The van der Waals surface area contributed by atoms with Gasteiger partial charge >= 0.3 is 0 Å². The third-order valence-corrected chi connectivity index (χ3v) is 6.64. The van der Waals surface area contributed by atoms with E-state index in [1.165, 1.54) is 10.8 Å². The molecule has 1 fully saturated rings. The van der Waals surface area contributed by atoms with Crippen LogP contribution in [0.4, 0.5) is 11.6 Å². The van der Waals surface area contributed by atoms with Crippen LogP contribution < -0.4 is 10.9 Å². The predicted molar refractivity (Wildman–Crippen MR) is 131 cm³/mol. The molecule has 5 rings (SSSR count). The lowest BCUT2D eigenvalue weighted by molar-refractivity contribution is 0.212. The molecule has 4 heterocycles. The second-order valence-electron chi connectivity index (χ2n) is 8.38. The number of fused-ring (bicyclic) bond motifs is 1. The lowest BCUT2D eigenvalue weighted by Crippen LogP contribution is -2.31. The minimum atomic E-state index is -0.285. The normalized spacial score (nSPS) is 15.3. The van der Waals surface area contributed by atoms with Crippen LogP contribution in [0.5, 0.6) is 0 Å². The van der Waals surface area contributed by atoms with Gasteiger partial charge in [0.1, 0.15) is 0 Å². The van der Waals surface area contributed by atoms with Gasteiger partial charge in [-0.3, -0.25) is 14.0 Å². The summed E-state index contributed by atoms with van der Waals surface area (Å²) >= 11 is 12.6. The molecule has 8 nitrogen and oxygen atoms in total. The predicted octanol–water partition coefficient (Wildman–Crippen LogP) is 4.60. The number of para-hydroxylation sites is 1. The van der Waals surface area contributed by atoms with E-state index in [-0.39, 0.29) is 5.56 Å². The average molecular weight is 484 g/mol. The number of likely N-dealkylation sites (tertiary alicyclic amines) is 1. The highest BCUT2D eigenvalue weighted by Gasteiger charge is 2.19. The van der Waals surface area contributed by atoms with Crippen LogP contribution in [0, 0.1) is 6.92 Å². The number of piperidine rings is 1. The highest BCUT2D eigenvalue weighted by molar-refractivity contribution is 6.37. The first kappa shape index (κ1) is 21.9. The van der Waals surface area contributed by atoms with E-state index in [1.807, 2.05) is 17.8 Å². The standard InChI is InChI=1S/C23H23Cl2N7O/c1-14-12-31(21-18(24)4-3-5-19(21)25)22(33)17-11-26-23(29-20(14)17)28-15-10-27-32(13-15)16-6-8-30(2)9-7-16/h3-5,10-13,16H,6-9H2,1-2H3,(H,26,28,29). The molecule has 1 N–H and O–H groups in total. The highest BCUT2D eigenvalue weighted by atomic mass is 35.5. The Morgan fingerprint density at radius 2 is 1.82 bits per heavy atom. The summed E-state index contributed by atoms with van der Waals surface area (Å²) in [4.78, 5) is 24.5. The number of aromatic nitrogens is 5. The summed E-state index contributed by atoms with van der Waals surface area (Å²) < 4.78 is 3.46. The monoisotopic (exact) mass is 483 g/mol. The number of anilines is 2. The summed E-state index contributed by atoms with van der Waals surface area (Å²) in [6.07, 6.45) is 9.13. The van der Waals surface area contributed by atoms with Gasteiger partial charge in [-0.15, -0.1) is 0 Å². The third kappa shape index (κ3) is 4.21. The molecule has 3 aromatic heterocycles. The van der Waals surface area contributed by atoms with Crippen molar-refractivity contribution in [3.05, 3.63) is 68.9 Å². The molecule has 0 atom stereocenters. The molecule has 0 unspecified atom stereocenters. The minimum Gasteiger partial charge on any atom is -0.321 e. The zero-order chi connectivity index (χ0) is 23.1. The maximum Gasteiger partial charge on any atom is 0.266 e. The fourth-order valence-corrected chi connectivity index (χ4v) is 4.80. The first-order valence-electron chi connectivity index (χ1n) is 10.7. The number of nitrogens with one attached hydrogen (secondary N) is 1. The van der Waals surface area contributed by atoms with E-state index in [9.17, 15) is 4.79 Å². The Hall–Kier alpha value is -2.94. The summed E-state index contributed by atoms with van der Waals surface area (Å²) in [5, 5.41) is 8.90.